The van der Waals surface area contributed by atoms with Gasteiger partial charge in [-0.2, -0.15) is 0 Å². The molecule has 0 N–H and O–H groups in total. The molecule has 0 amide bonds. The molecular formula is C64H43NO. The number of hydrogen-bond acceptors (Lipinski definition) is 2. The Morgan fingerprint density at radius 2 is 0.712 bits per heavy atom. The zero-order chi connectivity index (χ0) is 43.8. The molecule has 0 bridgehead atoms. The number of anilines is 3. The molecule has 0 atom stereocenters. The SMILES string of the molecule is c1ccc(-c2ccc(-c3ccccc3-c3ccccc3N(c3ccc(-c4ccc5ccccc5c4)cc3)c3ccc(-c4ccc5c(c4)oc4ccccc45)cc3)c(-c3ccccc3)c2)cc1. The number of hydrogen-bond donors (Lipinski definition) is 0. The van der Waals surface area contributed by atoms with Crippen LogP contribution in [0.2, 0.25) is 0 Å². The number of rotatable bonds is 9. The molecule has 0 aliphatic rings. The van der Waals surface area contributed by atoms with E-state index in [9.17, 15) is 0 Å². The molecule has 1 heterocycles. The standard InChI is InChI=1S/C64H43NO/c1-3-15-44(16-4-1)51-33-39-57(61(42-51)48-18-5-2-6-19-48)55-21-9-10-22-56(55)58-23-11-13-25-62(58)65(53-35-29-46(30-36-53)50-28-27-45-17-7-8-20-49(45)41-50)54-37-31-47(32-38-54)52-34-40-60-59-24-12-14-26-63(59)66-64(60)43-52/h1-43H. The lowest BCUT2D eigenvalue weighted by atomic mass is 9.87. The van der Waals surface area contributed by atoms with Crippen molar-refractivity contribution in [3.8, 4) is 66.8 Å². The summed E-state index contributed by atoms with van der Waals surface area (Å²) in [5.41, 5.74) is 19.0. The Hall–Kier alpha value is -8.72. The van der Waals surface area contributed by atoms with Crippen molar-refractivity contribution in [1.29, 1.82) is 0 Å². The molecule has 0 aliphatic carbocycles. The van der Waals surface area contributed by atoms with Crippen LogP contribution in [-0.4, -0.2) is 0 Å². The molecule has 1 aromatic heterocycles. The highest BCUT2D eigenvalue weighted by Crippen LogP contribution is 2.46. The molecule has 0 radical (unpaired) electrons. The highest BCUT2D eigenvalue weighted by atomic mass is 16.3. The zero-order valence-corrected chi connectivity index (χ0v) is 36.2. The van der Waals surface area contributed by atoms with Crippen molar-refractivity contribution in [2.75, 3.05) is 4.90 Å². The Kier molecular flexibility index (Phi) is 9.89. The minimum atomic E-state index is 0.892. The molecule has 11 aromatic carbocycles. The molecule has 12 aromatic rings. The molecule has 12 rings (SSSR count). The second kappa shape index (κ2) is 16.8. The van der Waals surface area contributed by atoms with Crippen molar-refractivity contribution >= 4 is 49.8 Å². The summed E-state index contributed by atoms with van der Waals surface area (Å²) in [6, 6.07) is 94.0. The van der Waals surface area contributed by atoms with Gasteiger partial charge in [-0.25, -0.2) is 0 Å². The van der Waals surface area contributed by atoms with E-state index in [-0.39, 0.29) is 0 Å². The van der Waals surface area contributed by atoms with Gasteiger partial charge >= 0.3 is 0 Å². The summed E-state index contributed by atoms with van der Waals surface area (Å²) < 4.78 is 6.30. The fourth-order valence-corrected chi connectivity index (χ4v) is 9.60. The van der Waals surface area contributed by atoms with Crippen molar-refractivity contribution in [2.45, 2.75) is 0 Å². The first-order valence-corrected chi connectivity index (χ1v) is 22.6. The molecule has 310 valence electrons. The van der Waals surface area contributed by atoms with E-state index in [2.05, 4.69) is 254 Å². The number of furan rings is 1. The summed E-state index contributed by atoms with van der Waals surface area (Å²) in [6.45, 7) is 0. The lowest BCUT2D eigenvalue weighted by molar-refractivity contribution is 0.669. The van der Waals surface area contributed by atoms with Crippen LogP contribution >= 0.6 is 0 Å². The van der Waals surface area contributed by atoms with E-state index >= 15 is 0 Å². The Morgan fingerprint density at radius 1 is 0.242 bits per heavy atom. The fourth-order valence-electron chi connectivity index (χ4n) is 9.60. The third-order valence-corrected chi connectivity index (χ3v) is 12.9. The molecule has 0 saturated carbocycles. The number of nitrogens with zero attached hydrogens (tertiary/aromatic N) is 1. The van der Waals surface area contributed by atoms with E-state index < -0.39 is 0 Å². The van der Waals surface area contributed by atoms with Crippen molar-refractivity contribution in [3.05, 3.63) is 261 Å². The van der Waals surface area contributed by atoms with Crippen LogP contribution in [0.25, 0.3) is 99.5 Å². The normalized spacial score (nSPS) is 11.3. The summed E-state index contributed by atoms with van der Waals surface area (Å²) in [4.78, 5) is 2.40. The first-order valence-electron chi connectivity index (χ1n) is 22.6. The van der Waals surface area contributed by atoms with E-state index in [0.29, 0.717) is 0 Å². The maximum absolute atomic E-state index is 6.30. The molecular weight excluding hydrogens is 799 g/mol. The molecule has 2 heteroatoms. The van der Waals surface area contributed by atoms with Gasteiger partial charge in [0.1, 0.15) is 11.2 Å². The highest BCUT2D eigenvalue weighted by Gasteiger charge is 2.21. The summed E-state index contributed by atoms with van der Waals surface area (Å²) in [5, 5.41) is 4.74. The molecule has 0 fully saturated rings. The van der Waals surface area contributed by atoms with Gasteiger partial charge in [0.2, 0.25) is 0 Å². The van der Waals surface area contributed by atoms with Gasteiger partial charge in [-0.1, -0.05) is 200 Å². The van der Waals surface area contributed by atoms with Crippen LogP contribution in [0.1, 0.15) is 0 Å². The van der Waals surface area contributed by atoms with Crippen molar-refractivity contribution in [1.82, 2.24) is 0 Å². The summed E-state index contributed by atoms with van der Waals surface area (Å²) >= 11 is 0. The first kappa shape index (κ1) is 38.9. The molecule has 66 heavy (non-hydrogen) atoms. The summed E-state index contributed by atoms with van der Waals surface area (Å²) in [6.07, 6.45) is 0. The van der Waals surface area contributed by atoms with Crippen LogP contribution in [0, 0.1) is 0 Å². The van der Waals surface area contributed by atoms with E-state index in [1.165, 1.54) is 55.3 Å². The predicted molar refractivity (Wildman–Crippen MR) is 279 cm³/mol. The third-order valence-electron chi connectivity index (χ3n) is 12.9. The maximum atomic E-state index is 6.30. The lowest BCUT2D eigenvalue weighted by Crippen LogP contribution is -2.11. The van der Waals surface area contributed by atoms with E-state index in [1.807, 2.05) is 12.1 Å². The Balaban J connectivity index is 0.992. The van der Waals surface area contributed by atoms with Crippen LogP contribution in [-0.2, 0) is 0 Å². The monoisotopic (exact) mass is 841 g/mol. The van der Waals surface area contributed by atoms with Gasteiger partial charge in [-0.15, -0.1) is 0 Å². The van der Waals surface area contributed by atoms with Gasteiger partial charge in [0.15, 0.2) is 0 Å². The van der Waals surface area contributed by atoms with Crippen LogP contribution in [0.3, 0.4) is 0 Å². The number of fused-ring (bicyclic) bond motifs is 4. The van der Waals surface area contributed by atoms with Crippen LogP contribution in [0.5, 0.6) is 0 Å². The smallest absolute Gasteiger partial charge is 0.136 e. The second-order valence-corrected chi connectivity index (χ2v) is 16.9. The molecule has 0 saturated heterocycles. The topological polar surface area (TPSA) is 16.4 Å². The largest absolute Gasteiger partial charge is 0.456 e. The van der Waals surface area contributed by atoms with Gasteiger partial charge in [0, 0.05) is 27.7 Å². The average molecular weight is 842 g/mol. The van der Waals surface area contributed by atoms with Gasteiger partial charge in [0.25, 0.3) is 0 Å². The molecule has 2 nitrogen and oxygen atoms in total. The third kappa shape index (κ3) is 7.21. The van der Waals surface area contributed by atoms with E-state index in [0.717, 1.165) is 61.3 Å². The summed E-state index contributed by atoms with van der Waals surface area (Å²) in [7, 11) is 0. The Morgan fingerprint density at radius 3 is 1.44 bits per heavy atom. The van der Waals surface area contributed by atoms with Crippen molar-refractivity contribution < 1.29 is 4.42 Å². The first-order chi connectivity index (χ1) is 32.7. The maximum Gasteiger partial charge on any atom is 0.136 e. The quantitative estimate of drug-likeness (QED) is 0.144. The minimum absolute atomic E-state index is 0.892. The molecule has 0 spiro atoms. The highest BCUT2D eigenvalue weighted by molar-refractivity contribution is 6.06. The van der Waals surface area contributed by atoms with Crippen LogP contribution in [0.4, 0.5) is 17.1 Å². The number of benzene rings is 11. The summed E-state index contributed by atoms with van der Waals surface area (Å²) in [5.74, 6) is 0. The van der Waals surface area contributed by atoms with Crippen molar-refractivity contribution in [3.63, 3.8) is 0 Å². The van der Waals surface area contributed by atoms with Crippen LogP contribution < -0.4 is 4.90 Å². The van der Waals surface area contributed by atoms with Gasteiger partial charge in [0.05, 0.1) is 5.69 Å². The van der Waals surface area contributed by atoms with E-state index in [1.54, 1.807) is 0 Å². The van der Waals surface area contributed by atoms with Gasteiger partial charge in [-0.05, 0) is 133 Å². The lowest BCUT2D eigenvalue weighted by Gasteiger charge is -2.29. The number of para-hydroxylation sites is 2. The van der Waals surface area contributed by atoms with Gasteiger partial charge in [-0.3, -0.25) is 0 Å². The second-order valence-electron chi connectivity index (χ2n) is 16.9. The van der Waals surface area contributed by atoms with Crippen LogP contribution in [0.15, 0.2) is 265 Å². The molecule has 0 aliphatic heterocycles. The van der Waals surface area contributed by atoms with Gasteiger partial charge < -0.3 is 9.32 Å². The minimum Gasteiger partial charge on any atom is -0.456 e. The zero-order valence-electron chi connectivity index (χ0n) is 36.2. The van der Waals surface area contributed by atoms with Crippen molar-refractivity contribution in [2.24, 2.45) is 0 Å². The Labute approximate surface area is 384 Å². The average Bonchev–Trinajstić information content (AvgIpc) is 3.78. The molecule has 0 unspecified atom stereocenters. The predicted octanol–water partition coefficient (Wildman–Crippen LogP) is 18.2. The Bertz CT molecular complexity index is 3680. The van der Waals surface area contributed by atoms with E-state index in [4.69, 9.17) is 4.42 Å². The fraction of sp³-hybridized carbons (Fsp3) is 0.